The van der Waals surface area contributed by atoms with E-state index in [1.54, 1.807) is 0 Å². The van der Waals surface area contributed by atoms with E-state index in [0.29, 0.717) is 12.0 Å². The molecule has 0 radical (unpaired) electrons. The van der Waals surface area contributed by atoms with E-state index in [-0.39, 0.29) is 0 Å². The molecule has 3 N–H and O–H groups in total. The summed E-state index contributed by atoms with van der Waals surface area (Å²) in [7, 11) is 0. The Kier molecular flexibility index (Phi) is 7.70. The number of guanidine groups is 1. The van der Waals surface area contributed by atoms with Crippen LogP contribution in [-0.4, -0.2) is 50.3 Å². The summed E-state index contributed by atoms with van der Waals surface area (Å²) in [5.74, 6) is 0.539. The van der Waals surface area contributed by atoms with Crippen LogP contribution in [0.5, 0.6) is 0 Å². The number of nitrogens with two attached hydrogens (primary N) is 1. The number of aliphatic imine (C=N–C) groups is 1. The van der Waals surface area contributed by atoms with Crippen molar-refractivity contribution >= 4 is 17.3 Å². The van der Waals surface area contributed by atoms with Gasteiger partial charge in [-0.25, -0.2) is 0 Å². The number of hydrogen-bond donors (Lipinski definition) is 2. The Labute approximate surface area is 137 Å². The molecular formula is C16H28N4OS. The predicted molar refractivity (Wildman–Crippen MR) is 93.5 cm³/mol. The molecule has 124 valence electrons. The summed E-state index contributed by atoms with van der Waals surface area (Å²) in [5, 5.41) is 5.30. The summed E-state index contributed by atoms with van der Waals surface area (Å²) in [6.45, 7) is 7.41. The molecule has 0 bridgehead atoms. The number of nitrogens with zero attached hydrogens (tertiary/aromatic N) is 2. The highest BCUT2D eigenvalue weighted by Crippen LogP contribution is 2.28. The molecule has 1 aliphatic heterocycles. The Morgan fingerprint density at radius 1 is 1.50 bits per heavy atom. The van der Waals surface area contributed by atoms with E-state index in [1.165, 1.54) is 30.8 Å². The molecule has 0 saturated carbocycles. The third kappa shape index (κ3) is 5.59. The molecule has 0 aromatic carbocycles. The molecule has 1 aliphatic rings. The molecule has 1 saturated heterocycles. The number of nitrogens with one attached hydrogen (secondary N) is 1. The molecule has 1 fully saturated rings. The number of thiophene rings is 1. The largest absolute Gasteiger partial charge is 0.382 e. The summed E-state index contributed by atoms with van der Waals surface area (Å²) in [6, 6.07) is 4.68. The van der Waals surface area contributed by atoms with Crippen LogP contribution in [0.3, 0.4) is 0 Å². The van der Waals surface area contributed by atoms with Gasteiger partial charge in [-0.15, -0.1) is 11.3 Å². The van der Waals surface area contributed by atoms with Gasteiger partial charge in [0.05, 0.1) is 12.6 Å². The van der Waals surface area contributed by atoms with Crippen LogP contribution in [0.4, 0.5) is 0 Å². The van der Waals surface area contributed by atoms with Crippen molar-refractivity contribution in [1.29, 1.82) is 0 Å². The van der Waals surface area contributed by atoms with Gasteiger partial charge in [0.15, 0.2) is 5.96 Å². The maximum atomic E-state index is 5.97. The first kappa shape index (κ1) is 17.2. The van der Waals surface area contributed by atoms with Crippen LogP contribution in [-0.2, 0) is 4.74 Å². The SMILES string of the molecule is CCOCCCNC(N)=NCC(c1cccs1)N1CCCC1. The molecule has 1 aromatic heterocycles. The minimum Gasteiger partial charge on any atom is -0.382 e. The van der Waals surface area contributed by atoms with E-state index < -0.39 is 0 Å². The fourth-order valence-electron chi connectivity index (χ4n) is 2.70. The quantitative estimate of drug-likeness (QED) is 0.415. The van der Waals surface area contributed by atoms with Crippen LogP contribution in [0.15, 0.2) is 22.5 Å². The van der Waals surface area contributed by atoms with Gasteiger partial charge in [0.2, 0.25) is 0 Å². The maximum absolute atomic E-state index is 5.97. The van der Waals surface area contributed by atoms with E-state index in [0.717, 1.165) is 32.7 Å². The summed E-state index contributed by atoms with van der Waals surface area (Å²) < 4.78 is 5.30. The Morgan fingerprint density at radius 3 is 3.00 bits per heavy atom. The highest BCUT2D eigenvalue weighted by molar-refractivity contribution is 7.10. The number of rotatable bonds is 9. The van der Waals surface area contributed by atoms with Crippen molar-refractivity contribution in [3.63, 3.8) is 0 Å². The van der Waals surface area contributed by atoms with Gasteiger partial charge in [-0.3, -0.25) is 9.89 Å². The molecule has 6 heteroatoms. The Morgan fingerprint density at radius 2 is 2.32 bits per heavy atom. The van der Waals surface area contributed by atoms with E-state index in [2.05, 4.69) is 32.7 Å². The lowest BCUT2D eigenvalue weighted by atomic mass is 10.2. The van der Waals surface area contributed by atoms with Gasteiger partial charge in [0.1, 0.15) is 0 Å². The van der Waals surface area contributed by atoms with Gasteiger partial charge in [0, 0.05) is 24.6 Å². The molecule has 2 rings (SSSR count). The summed E-state index contributed by atoms with van der Waals surface area (Å²) in [6.07, 6.45) is 3.53. The van der Waals surface area contributed by atoms with Crippen LogP contribution in [0.1, 0.15) is 37.1 Å². The number of hydrogen-bond acceptors (Lipinski definition) is 4. The van der Waals surface area contributed by atoms with E-state index in [9.17, 15) is 0 Å². The minimum atomic E-state index is 0.367. The smallest absolute Gasteiger partial charge is 0.188 e. The van der Waals surface area contributed by atoms with Crippen molar-refractivity contribution in [1.82, 2.24) is 10.2 Å². The second-order valence-corrected chi connectivity index (χ2v) is 6.46. The van der Waals surface area contributed by atoms with Gasteiger partial charge in [0.25, 0.3) is 0 Å². The lowest BCUT2D eigenvalue weighted by Crippen LogP contribution is -2.34. The molecule has 2 heterocycles. The zero-order valence-corrected chi connectivity index (χ0v) is 14.3. The summed E-state index contributed by atoms with van der Waals surface area (Å²) in [5.41, 5.74) is 5.97. The van der Waals surface area contributed by atoms with Gasteiger partial charge in [-0.05, 0) is 50.7 Å². The Balaban J connectivity index is 1.81. The summed E-state index contributed by atoms with van der Waals surface area (Å²) >= 11 is 1.81. The number of likely N-dealkylation sites (tertiary alicyclic amines) is 1. The van der Waals surface area contributed by atoms with Crippen molar-refractivity contribution in [2.24, 2.45) is 10.7 Å². The topological polar surface area (TPSA) is 62.9 Å². The molecule has 5 nitrogen and oxygen atoms in total. The predicted octanol–water partition coefficient (Wildman–Crippen LogP) is 2.22. The van der Waals surface area contributed by atoms with Gasteiger partial charge >= 0.3 is 0 Å². The van der Waals surface area contributed by atoms with Gasteiger partial charge in [-0.1, -0.05) is 6.07 Å². The lowest BCUT2D eigenvalue weighted by molar-refractivity contribution is 0.145. The van der Waals surface area contributed by atoms with Crippen LogP contribution < -0.4 is 11.1 Å². The van der Waals surface area contributed by atoms with Crippen LogP contribution in [0.25, 0.3) is 0 Å². The van der Waals surface area contributed by atoms with Crippen molar-refractivity contribution < 1.29 is 4.74 Å². The first-order valence-corrected chi connectivity index (χ1v) is 9.08. The second-order valence-electron chi connectivity index (χ2n) is 5.48. The van der Waals surface area contributed by atoms with E-state index in [4.69, 9.17) is 10.5 Å². The lowest BCUT2D eigenvalue weighted by Gasteiger charge is -2.25. The molecule has 22 heavy (non-hydrogen) atoms. The zero-order valence-electron chi connectivity index (χ0n) is 13.5. The molecule has 1 unspecified atom stereocenters. The van der Waals surface area contributed by atoms with Crippen LogP contribution in [0.2, 0.25) is 0 Å². The molecular weight excluding hydrogens is 296 g/mol. The normalized spacial score (nSPS) is 17.8. The fraction of sp³-hybridized carbons (Fsp3) is 0.688. The van der Waals surface area contributed by atoms with Crippen LogP contribution >= 0.6 is 11.3 Å². The molecule has 0 amide bonds. The standard InChI is InChI=1S/C16H28N4OS/c1-2-21-11-6-8-18-16(17)19-13-14(15-7-5-12-22-15)20-9-3-4-10-20/h5,7,12,14H,2-4,6,8-11,13H2,1H3,(H3,17,18,19). The first-order valence-electron chi connectivity index (χ1n) is 8.20. The third-order valence-corrected chi connectivity index (χ3v) is 4.84. The Bertz CT molecular complexity index is 429. The second kappa shape index (κ2) is 9.82. The van der Waals surface area contributed by atoms with E-state index in [1.807, 2.05) is 18.3 Å². The monoisotopic (exact) mass is 324 g/mol. The minimum absolute atomic E-state index is 0.367. The van der Waals surface area contributed by atoms with Crippen molar-refractivity contribution in [3.05, 3.63) is 22.4 Å². The highest BCUT2D eigenvalue weighted by atomic mass is 32.1. The first-order chi connectivity index (χ1) is 10.8. The molecule has 1 aromatic rings. The van der Waals surface area contributed by atoms with Crippen molar-refractivity contribution in [2.75, 3.05) is 39.4 Å². The molecule has 0 spiro atoms. The summed E-state index contributed by atoms with van der Waals surface area (Å²) in [4.78, 5) is 8.46. The third-order valence-electron chi connectivity index (χ3n) is 3.86. The van der Waals surface area contributed by atoms with Gasteiger partial charge < -0.3 is 15.8 Å². The maximum Gasteiger partial charge on any atom is 0.188 e. The number of ether oxygens (including phenoxy) is 1. The average Bonchev–Trinajstić information content (AvgIpc) is 3.21. The van der Waals surface area contributed by atoms with Crippen LogP contribution in [0, 0.1) is 0 Å². The average molecular weight is 324 g/mol. The fourth-order valence-corrected chi connectivity index (χ4v) is 3.55. The van der Waals surface area contributed by atoms with Crippen molar-refractivity contribution in [3.8, 4) is 0 Å². The Hall–Kier alpha value is -1.11. The van der Waals surface area contributed by atoms with Crippen molar-refractivity contribution in [2.45, 2.75) is 32.2 Å². The molecule has 1 atom stereocenters. The zero-order chi connectivity index (χ0) is 15.6. The molecule has 0 aliphatic carbocycles. The van der Waals surface area contributed by atoms with E-state index >= 15 is 0 Å². The van der Waals surface area contributed by atoms with Gasteiger partial charge in [-0.2, -0.15) is 0 Å². The highest BCUT2D eigenvalue weighted by Gasteiger charge is 2.23.